The molecule has 0 radical (unpaired) electrons. The van der Waals surface area contributed by atoms with Crippen molar-refractivity contribution in [1.82, 2.24) is 10.6 Å². The van der Waals surface area contributed by atoms with Gasteiger partial charge in [0.2, 0.25) is 0 Å². The van der Waals surface area contributed by atoms with Gasteiger partial charge in [-0.1, -0.05) is 11.6 Å². The first-order valence-electron chi connectivity index (χ1n) is 10.3. The number of rotatable bonds is 8. The van der Waals surface area contributed by atoms with Crippen molar-refractivity contribution in [2.75, 3.05) is 13.1 Å². The van der Waals surface area contributed by atoms with Gasteiger partial charge in [-0.15, -0.1) is 0 Å². The minimum Gasteiger partial charge on any atom is -0.487 e. The maximum Gasteiger partial charge on any atom is 0.306 e. The second kappa shape index (κ2) is 10.9. The highest BCUT2D eigenvalue weighted by atomic mass is 35.5. The van der Waals surface area contributed by atoms with Crippen LogP contribution < -0.4 is 15.4 Å². The maximum atomic E-state index is 14.4. The van der Waals surface area contributed by atoms with Crippen molar-refractivity contribution in [2.45, 2.75) is 31.8 Å². The summed E-state index contributed by atoms with van der Waals surface area (Å²) >= 11 is 5.79. The van der Waals surface area contributed by atoms with Crippen molar-refractivity contribution in [3.05, 3.63) is 64.4 Å². The first-order chi connectivity index (χ1) is 15.3. The van der Waals surface area contributed by atoms with Crippen LogP contribution >= 0.6 is 11.6 Å². The zero-order valence-corrected chi connectivity index (χ0v) is 18.0. The second-order valence-electron chi connectivity index (χ2n) is 7.59. The summed E-state index contributed by atoms with van der Waals surface area (Å²) in [5, 5.41) is 14.9. The molecule has 1 aliphatic rings. The number of aliphatic carboxylic acids is 1. The molecule has 2 aromatic rings. The highest BCUT2D eigenvalue weighted by molar-refractivity contribution is 6.30. The van der Waals surface area contributed by atoms with E-state index in [0.29, 0.717) is 36.3 Å². The van der Waals surface area contributed by atoms with E-state index in [0.717, 1.165) is 6.07 Å². The average molecular weight is 463 g/mol. The summed E-state index contributed by atoms with van der Waals surface area (Å²) in [6, 6.07) is 10.4. The van der Waals surface area contributed by atoms with Gasteiger partial charge in [0, 0.05) is 29.2 Å². The quantitative estimate of drug-likeness (QED) is 0.519. The molecule has 1 fully saturated rings. The third-order valence-electron chi connectivity index (χ3n) is 5.31. The van der Waals surface area contributed by atoms with Crippen molar-refractivity contribution >= 4 is 29.4 Å². The van der Waals surface area contributed by atoms with E-state index in [1.807, 2.05) is 0 Å². The Morgan fingerprint density at radius 3 is 2.06 bits per heavy atom. The van der Waals surface area contributed by atoms with Crippen molar-refractivity contribution in [3.63, 3.8) is 0 Å². The molecule has 0 unspecified atom stereocenters. The number of nitrogens with one attached hydrogen (secondary N) is 2. The van der Waals surface area contributed by atoms with Gasteiger partial charge in [0.1, 0.15) is 0 Å². The smallest absolute Gasteiger partial charge is 0.306 e. The van der Waals surface area contributed by atoms with Gasteiger partial charge in [-0.3, -0.25) is 14.4 Å². The number of amides is 2. The summed E-state index contributed by atoms with van der Waals surface area (Å²) in [5.41, 5.74) is 0.586. The molecular weight excluding hydrogens is 439 g/mol. The van der Waals surface area contributed by atoms with Crippen LogP contribution in [0.15, 0.2) is 42.5 Å². The van der Waals surface area contributed by atoms with Crippen LogP contribution in [0.2, 0.25) is 5.02 Å². The molecule has 7 nitrogen and oxygen atoms in total. The Kier molecular flexibility index (Phi) is 8.05. The lowest BCUT2D eigenvalue weighted by Gasteiger charge is -2.27. The summed E-state index contributed by atoms with van der Waals surface area (Å²) < 4.78 is 20.1. The van der Waals surface area contributed by atoms with Gasteiger partial charge in [0.15, 0.2) is 11.6 Å². The number of hydrogen-bond donors (Lipinski definition) is 3. The molecule has 0 heterocycles. The Balaban J connectivity index is 1.44. The zero-order valence-electron chi connectivity index (χ0n) is 17.3. The minimum atomic E-state index is -0.811. The first-order valence-corrected chi connectivity index (χ1v) is 10.7. The first kappa shape index (κ1) is 23.5. The number of carbonyl (C=O) groups excluding carboxylic acids is 2. The number of ether oxygens (including phenoxy) is 1. The largest absolute Gasteiger partial charge is 0.487 e. The molecule has 0 saturated heterocycles. The standard InChI is InChI=1S/C23H24ClFN2O5/c24-17-6-1-14(2-7-17)21(28)26-11-12-27-22(29)16-5-10-20(19(25)13-16)32-18-8-3-15(4-9-18)23(30)31/h1-2,5-7,10,13,15,18H,3-4,8-9,11-12H2,(H,26,28)(H,27,29)(H,30,31). The lowest BCUT2D eigenvalue weighted by atomic mass is 9.87. The van der Waals surface area contributed by atoms with E-state index in [4.69, 9.17) is 21.4 Å². The number of carboxylic acids is 1. The van der Waals surface area contributed by atoms with Crippen molar-refractivity contribution in [2.24, 2.45) is 5.92 Å². The van der Waals surface area contributed by atoms with Crippen molar-refractivity contribution in [1.29, 1.82) is 0 Å². The van der Waals surface area contributed by atoms with Gasteiger partial charge in [-0.05, 0) is 68.1 Å². The Hall–Kier alpha value is -3.13. The van der Waals surface area contributed by atoms with Crippen molar-refractivity contribution in [3.8, 4) is 5.75 Å². The minimum absolute atomic E-state index is 0.0375. The van der Waals surface area contributed by atoms with Gasteiger partial charge in [-0.2, -0.15) is 0 Å². The Morgan fingerprint density at radius 1 is 0.938 bits per heavy atom. The highest BCUT2D eigenvalue weighted by Crippen LogP contribution is 2.29. The molecule has 1 saturated carbocycles. The maximum absolute atomic E-state index is 14.4. The number of halogens is 2. The van der Waals surface area contributed by atoms with E-state index < -0.39 is 17.7 Å². The van der Waals surface area contributed by atoms with Gasteiger partial charge in [-0.25, -0.2) is 4.39 Å². The summed E-state index contributed by atoms with van der Waals surface area (Å²) in [7, 11) is 0. The van der Waals surface area contributed by atoms with E-state index >= 15 is 0 Å². The summed E-state index contributed by atoms with van der Waals surface area (Å²) in [4.78, 5) is 35.3. The fraction of sp³-hybridized carbons (Fsp3) is 0.348. The Morgan fingerprint density at radius 2 is 1.50 bits per heavy atom. The number of benzene rings is 2. The molecule has 2 aromatic carbocycles. The van der Waals surface area contributed by atoms with Gasteiger partial charge >= 0.3 is 5.97 Å². The Bertz CT molecular complexity index is 975. The summed E-state index contributed by atoms with van der Waals surface area (Å²) in [6.07, 6.45) is 1.83. The summed E-state index contributed by atoms with van der Waals surface area (Å²) in [5.74, 6) is -2.57. The van der Waals surface area contributed by atoms with E-state index in [2.05, 4.69) is 10.6 Å². The normalized spacial score (nSPS) is 17.9. The van der Waals surface area contributed by atoms with Crippen LogP contribution in [0.3, 0.4) is 0 Å². The third kappa shape index (κ3) is 6.43. The Labute approximate surface area is 189 Å². The predicted octanol–water partition coefficient (Wildman–Crippen LogP) is 3.66. The molecule has 32 heavy (non-hydrogen) atoms. The van der Waals surface area contributed by atoms with E-state index in [9.17, 15) is 18.8 Å². The van der Waals surface area contributed by atoms with Crippen LogP contribution in [0.5, 0.6) is 5.75 Å². The molecule has 0 spiro atoms. The monoisotopic (exact) mass is 462 g/mol. The lowest BCUT2D eigenvalue weighted by Crippen LogP contribution is -2.34. The summed E-state index contributed by atoms with van der Waals surface area (Å²) in [6.45, 7) is 0.376. The van der Waals surface area contributed by atoms with Gasteiger partial charge < -0.3 is 20.5 Å². The van der Waals surface area contributed by atoms with Crippen LogP contribution in [0.25, 0.3) is 0 Å². The van der Waals surface area contributed by atoms with E-state index in [1.54, 1.807) is 24.3 Å². The molecule has 0 aliphatic heterocycles. The SMILES string of the molecule is O=C(NCCNC(=O)c1ccc(OC2CCC(C(=O)O)CC2)c(F)c1)c1ccc(Cl)cc1. The number of carbonyl (C=O) groups is 3. The van der Waals surface area contributed by atoms with E-state index in [-0.39, 0.29) is 42.3 Å². The molecule has 0 aromatic heterocycles. The predicted molar refractivity (Wildman–Crippen MR) is 117 cm³/mol. The molecule has 170 valence electrons. The highest BCUT2D eigenvalue weighted by Gasteiger charge is 2.27. The fourth-order valence-electron chi connectivity index (χ4n) is 3.50. The van der Waals surface area contributed by atoms with Crippen LogP contribution in [0.1, 0.15) is 46.4 Å². The number of carboxylic acid groups (broad SMARTS) is 1. The molecule has 2 amide bonds. The van der Waals surface area contributed by atoms with Crippen LogP contribution in [-0.2, 0) is 4.79 Å². The molecule has 1 aliphatic carbocycles. The zero-order chi connectivity index (χ0) is 23.1. The van der Waals surface area contributed by atoms with Crippen LogP contribution in [0.4, 0.5) is 4.39 Å². The van der Waals surface area contributed by atoms with Gasteiger partial charge in [0.05, 0.1) is 12.0 Å². The average Bonchev–Trinajstić information content (AvgIpc) is 2.78. The molecular formula is C23H24ClFN2O5. The molecule has 3 N–H and O–H groups in total. The lowest BCUT2D eigenvalue weighted by molar-refractivity contribution is -0.143. The van der Waals surface area contributed by atoms with Crippen molar-refractivity contribution < 1.29 is 28.6 Å². The topological polar surface area (TPSA) is 105 Å². The second-order valence-corrected chi connectivity index (χ2v) is 8.03. The molecule has 0 bridgehead atoms. The number of hydrogen-bond acceptors (Lipinski definition) is 4. The van der Waals surface area contributed by atoms with Crippen LogP contribution in [0, 0.1) is 11.7 Å². The molecule has 9 heteroatoms. The van der Waals surface area contributed by atoms with Gasteiger partial charge in [0.25, 0.3) is 11.8 Å². The molecule has 0 atom stereocenters. The fourth-order valence-corrected chi connectivity index (χ4v) is 3.63. The van der Waals surface area contributed by atoms with Crippen LogP contribution in [-0.4, -0.2) is 42.1 Å². The third-order valence-corrected chi connectivity index (χ3v) is 5.57. The molecule has 3 rings (SSSR count). The van der Waals surface area contributed by atoms with E-state index in [1.165, 1.54) is 12.1 Å².